The topological polar surface area (TPSA) is 37.9 Å². The predicted molar refractivity (Wildman–Crippen MR) is 77.4 cm³/mol. The van der Waals surface area contributed by atoms with Crippen LogP contribution in [-0.2, 0) is 6.42 Å². The van der Waals surface area contributed by atoms with Crippen LogP contribution in [0.1, 0.15) is 12.5 Å². The summed E-state index contributed by atoms with van der Waals surface area (Å²) in [6.45, 7) is 1.94. The fourth-order valence-corrected chi connectivity index (χ4v) is 2.47. The van der Waals surface area contributed by atoms with Crippen LogP contribution in [0, 0.1) is 5.82 Å². The van der Waals surface area contributed by atoms with Crippen LogP contribution in [0.4, 0.5) is 4.39 Å². The van der Waals surface area contributed by atoms with E-state index in [2.05, 4.69) is 9.97 Å². The molecule has 0 unspecified atom stereocenters. The maximum absolute atomic E-state index is 14.6. The van der Waals surface area contributed by atoms with Crippen molar-refractivity contribution in [2.75, 3.05) is 7.11 Å². The highest BCUT2D eigenvalue weighted by Gasteiger charge is 2.17. The number of nitrogens with one attached hydrogen (secondary N) is 1. The molecule has 0 atom stereocenters. The second-order valence-corrected chi connectivity index (χ2v) is 4.57. The maximum Gasteiger partial charge on any atom is 0.134 e. The number of halogens is 1. The Kier molecular flexibility index (Phi) is 3.14. The molecule has 4 heteroatoms. The van der Waals surface area contributed by atoms with E-state index >= 15 is 0 Å². The smallest absolute Gasteiger partial charge is 0.134 e. The Morgan fingerprint density at radius 2 is 2.10 bits per heavy atom. The summed E-state index contributed by atoms with van der Waals surface area (Å²) < 4.78 is 20.0. The zero-order valence-corrected chi connectivity index (χ0v) is 11.4. The average Bonchev–Trinajstić information content (AvgIpc) is 2.95. The van der Waals surface area contributed by atoms with E-state index in [1.807, 2.05) is 25.1 Å². The molecule has 0 spiro atoms. The first kappa shape index (κ1) is 12.7. The van der Waals surface area contributed by atoms with Crippen LogP contribution < -0.4 is 4.74 Å². The number of rotatable bonds is 3. The Balaban J connectivity index is 2.36. The van der Waals surface area contributed by atoms with Gasteiger partial charge in [-0.05, 0) is 24.1 Å². The molecule has 0 saturated carbocycles. The van der Waals surface area contributed by atoms with Crippen molar-refractivity contribution in [1.82, 2.24) is 9.97 Å². The van der Waals surface area contributed by atoms with E-state index < -0.39 is 0 Å². The van der Waals surface area contributed by atoms with E-state index in [4.69, 9.17) is 4.74 Å². The van der Waals surface area contributed by atoms with Gasteiger partial charge in [-0.3, -0.25) is 0 Å². The fourth-order valence-electron chi connectivity index (χ4n) is 2.47. The van der Waals surface area contributed by atoms with Gasteiger partial charge in [0.25, 0.3) is 0 Å². The van der Waals surface area contributed by atoms with Crippen LogP contribution in [-0.4, -0.2) is 17.1 Å². The molecule has 3 aromatic rings. The number of H-pyrrole nitrogens is 1. The molecular weight excluding hydrogens is 255 g/mol. The van der Waals surface area contributed by atoms with E-state index in [9.17, 15) is 4.39 Å². The molecule has 0 aliphatic carbocycles. The molecular formula is C16H15FN2O. The van der Waals surface area contributed by atoms with Gasteiger partial charge in [-0.2, -0.15) is 0 Å². The van der Waals surface area contributed by atoms with Crippen LogP contribution in [0.25, 0.3) is 22.2 Å². The minimum Gasteiger partial charge on any atom is -0.496 e. The molecule has 3 nitrogen and oxygen atoms in total. The van der Waals surface area contributed by atoms with E-state index in [0.29, 0.717) is 28.9 Å². The highest BCUT2D eigenvalue weighted by atomic mass is 19.1. The summed E-state index contributed by atoms with van der Waals surface area (Å²) in [5.74, 6) is 0.417. The number of ether oxygens (including phenoxy) is 1. The second kappa shape index (κ2) is 4.96. The Morgan fingerprint density at radius 1 is 1.25 bits per heavy atom. The molecule has 2 aromatic carbocycles. The van der Waals surface area contributed by atoms with Crippen molar-refractivity contribution < 1.29 is 9.13 Å². The van der Waals surface area contributed by atoms with Gasteiger partial charge in [0.15, 0.2) is 0 Å². The predicted octanol–water partition coefficient (Wildman–Crippen LogP) is 3.94. The molecule has 0 bridgehead atoms. The van der Waals surface area contributed by atoms with E-state index in [-0.39, 0.29) is 5.82 Å². The number of aromatic nitrogens is 2. The highest BCUT2D eigenvalue weighted by molar-refractivity contribution is 5.95. The number of fused-ring (bicyclic) bond motifs is 1. The minimum atomic E-state index is -0.205. The zero-order chi connectivity index (χ0) is 14.1. The highest BCUT2D eigenvalue weighted by Crippen LogP contribution is 2.37. The van der Waals surface area contributed by atoms with Crippen molar-refractivity contribution in [1.29, 1.82) is 0 Å². The van der Waals surface area contributed by atoms with E-state index in [0.717, 1.165) is 11.0 Å². The molecule has 0 amide bonds. The lowest BCUT2D eigenvalue weighted by atomic mass is 9.99. The number of hydrogen-bond donors (Lipinski definition) is 1. The molecule has 0 aliphatic heterocycles. The van der Waals surface area contributed by atoms with Crippen LogP contribution in [0.2, 0.25) is 0 Å². The van der Waals surface area contributed by atoms with E-state index in [1.54, 1.807) is 25.6 Å². The third-order valence-electron chi connectivity index (χ3n) is 3.50. The first-order chi connectivity index (χ1) is 9.76. The van der Waals surface area contributed by atoms with Crippen LogP contribution >= 0.6 is 0 Å². The molecule has 0 radical (unpaired) electrons. The summed E-state index contributed by atoms with van der Waals surface area (Å²) in [7, 11) is 1.58. The molecule has 20 heavy (non-hydrogen) atoms. The van der Waals surface area contributed by atoms with Gasteiger partial charge in [-0.15, -0.1) is 0 Å². The number of methoxy groups -OCH3 is 1. The SMILES string of the molecule is CCc1cccc(-c2c(OC)ccc3[nH]cnc23)c1F. The number of aromatic amines is 1. The normalized spacial score (nSPS) is 10.9. The average molecular weight is 270 g/mol. The number of benzene rings is 2. The molecule has 1 aromatic heterocycles. The lowest BCUT2D eigenvalue weighted by Gasteiger charge is -2.12. The van der Waals surface area contributed by atoms with Crippen molar-refractivity contribution in [2.45, 2.75) is 13.3 Å². The first-order valence-electron chi connectivity index (χ1n) is 6.54. The lowest BCUT2D eigenvalue weighted by Crippen LogP contribution is -1.95. The number of nitrogens with zero attached hydrogens (tertiary/aromatic N) is 1. The summed E-state index contributed by atoms with van der Waals surface area (Å²) in [5.41, 5.74) is 3.49. The van der Waals surface area contributed by atoms with Crippen molar-refractivity contribution in [3.05, 3.63) is 48.0 Å². The summed E-state index contributed by atoms with van der Waals surface area (Å²) in [5, 5.41) is 0. The molecule has 1 heterocycles. The van der Waals surface area contributed by atoms with Gasteiger partial charge in [-0.25, -0.2) is 9.37 Å². The zero-order valence-electron chi connectivity index (χ0n) is 11.4. The number of imidazole rings is 1. The van der Waals surface area contributed by atoms with Gasteiger partial charge in [0.05, 0.1) is 30.0 Å². The largest absolute Gasteiger partial charge is 0.496 e. The van der Waals surface area contributed by atoms with Crippen molar-refractivity contribution in [2.24, 2.45) is 0 Å². The van der Waals surface area contributed by atoms with Gasteiger partial charge in [-0.1, -0.05) is 25.1 Å². The van der Waals surface area contributed by atoms with E-state index in [1.165, 1.54) is 0 Å². The van der Waals surface area contributed by atoms with Gasteiger partial charge < -0.3 is 9.72 Å². The Bertz CT molecular complexity index is 764. The third kappa shape index (κ3) is 1.84. The minimum absolute atomic E-state index is 0.205. The lowest BCUT2D eigenvalue weighted by molar-refractivity contribution is 0.416. The second-order valence-electron chi connectivity index (χ2n) is 4.57. The molecule has 0 fully saturated rings. The van der Waals surface area contributed by atoms with Gasteiger partial charge >= 0.3 is 0 Å². The maximum atomic E-state index is 14.6. The Morgan fingerprint density at radius 3 is 2.85 bits per heavy atom. The summed E-state index contributed by atoms with van der Waals surface area (Å²) >= 11 is 0. The van der Waals surface area contributed by atoms with Gasteiger partial charge in [0, 0.05) is 5.56 Å². The quantitative estimate of drug-likeness (QED) is 0.782. The van der Waals surface area contributed by atoms with Crippen LogP contribution in [0.5, 0.6) is 5.75 Å². The van der Waals surface area contributed by atoms with Crippen LogP contribution in [0.3, 0.4) is 0 Å². The number of aryl methyl sites for hydroxylation is 1. The molecule has 102 valence electrons. The summed E-state index contributed by atoms with van der Waals surface area (Å²) in [4.78, 5) is 7.34. The van der Waals surface area contributed by atoms with Gasteiger partial charge in [0.2, 0.25) is 0 Å². The van der Waals surface area contributed by atoms with Gasteiger partial charge in [0.1, 0.15) is 11.6 Å². The summed E-state index contributed by atoms with van der Waals surface area (Å²) in [6, 6.07) is 9.14. The molecule has 3 rings (SSSR count). The molecule has 1 N–H and O–H groups in total. The fraction of sp³-hybridized carbons (Fsp3) is 0.188. The Hall–Kier alpha value is -2.36. The van der Waals surface area contributed by atoms with Crippen molar-refractivity contribution in [3.63, 3.8) is 0 Å². The molecule has 0 saturated heterocycles. The number of hydrogen-bond acceptors (Lipinski definition) is 2. The standard InChI is InChI=1S/C16H15FN2O/c1-3-10-5-4-6-11(15(10)17)14-13(20-2)8-7-12-16(14)19-9-18-12/h4-9H,3H2,1-2H3,(H,18,19). The monoisotopic (exact) mass is 270 g/mol. The third-order valence-corrected chi connectivity index (χ3v) is 3.50. The van der Waals surface area contributed by atoms with Crippen molar-refractivity contribution in [3.8, 4) is 16.9 Å². The first-order valence-corrected chi connectivity index (χ1v) is 6.54. The summed E-state index contributed by atoms with van der Waals surface area (Å²) in [6.07, 6.45) is 2.26. The Labute approximate surface area is 116 Å². The van der Waals surface area contributed by atoms with Crippen molar-refractivity contribution >= 4 is 11.0 Å². The van der Waals surface area contributed by atoms with Crippen LogP contribution in [0.15, 0.2) is 36.7 Å². The molecule has 0 aliphatic rings.